The van der Waals surface area contributed by atoms with Gasteiger partial charge in [-0.05, 0) is 56.9 Å². The molecule has 1 unspecified atom stereocenters. The van der Waals surface area contributed by atoms with E-state index in [1.54, 1.807) is 0 Å². The first-order valence-electron chi connectivity index (χ1n) is 7.86. The van der Waals surface area contributed by atoms with E-state index in [9.17, 15) is 9.90 Å². The van der Waals surface area contributed by atoms with E-state index in [1.807, 2.05) is 36.9 Å². The van der Waals surface area contributed by atoms with Crippen molar-refractivity contribution in [3.8, 4) is 0 Å². The number of aliphatic hydroxyl groups is 1. The van der Waals surface area contributed by atoms with Gasteiger partial charge in [0.25, 0.3) is 0 Å². The van der Waals surface area contributed by atoms with Gasteiger partial charge in [0, 0.05) is 35.4 Å². The maximum absolute atomic E-state index is 12.3. The zero-order chi connectivity index (χ0) is 15.7. The molecule has 1 aromatic heterocycles. The van der Waals surface area contributed by atoms with E-state index >= 15 is 0 Å². The fraction of sp³-hybridized carbons (Fsp3) is 0.471. The van der Waals surface area contributed by atoms with E-state index in [1.165, 1.54) is 0 Å². The number of urea groups is 1. The summed E-state index contributed by atoms with van der Waals surface area (Å²) in [6, 6.07) is 7.89. The van der Waals surface area contributed by atoms with Gasteiger partial charge in [0.15, 0.2) is 0 Å². The molecule has 1 fully saturated rings. The number of aromatic amines is 1. The number of hydrogen-bond acceptors (Lipinski definition) is 2. The molecule has 0 radical (unpaired) electrons. The van der Waals surface area contributed by atoms with Gasteiger partial charge >= 0.3 is 6.03 Å². The predicted molar refractivity (Wildman–Crippen MR) is 88.0 cm³/mol. The number of H-pyrrole nitrogens is 1. The standard InChI is InChI=1S/C17H23N3O2/c1-11-9-14-10-15(3-4-16(14)18-11)19-17(22)20-7-5-13(6-8-20)12(2)21/h3-4,9-10,12-13,18,21H,5-8H2,1-2H3,(H,19,22). The van der Waals surface area contributed by atoms with Crippen molar-refractivity contribution in [2.45, 2.75) is 32.8 Å². The molecular formula is C17H23N3O2. The molecule has 3 rings (SSSR count). The van der Waals surface area contributed by atoms with Gasteiger partial charge in [0.05, 0.1) is 6.10 Å². The third-order valence-corrected chi connectivity index (χ3v) is 4.52. The molecule has 22 heavy (non-hydrogen) atoms. The predicted octanol–water partition coefficient (Wildman–Crippen LogP) is 3.10. The Balaban J connectivity index is 1.63. The zero-order valence-electron chi connectivity index (χ0n) is 13.1. The Bertz CT molecular complexity index is 670. The first-order chi connectivity index (χ1) is 10.5. The molecule has 0 aliphatic carbocycles. The number of benzene rings is 1. The van der Waals surface area contributed by atoms with Crippen molar-refractivity contribution in [3.05, 3.63) is 30.0 Å². The molecule has 5 heteroatoms. The maximum Gasteiger partial charge on any atom is 0.321 e. The summed E-state index contributed by atoms with van der Waals surface area (Å²) in [4.78, 5) is 17.4. The number of hydrogen-bond donors (Lipinski definition) is 3. The third-order valence-electron chi connectivity index (χ3n) is 4.52. The second-order valence-electron chi connectivity index (χ2n) is 6.25. The number of nitrogens with zero attached hydrogens (tertiary/aromatic N) is 1. The number of likely N-dealkylation sites (tertiary alicyclic amines) is 1. The first kappa shape index (κ1) is 14.9. The van der Waals surface area contributed by atoms with Gasteiger partial charge < -0.3 is 20.3 Å². The normalized spacial score (nSPS) is 17.7. The van der Waals surface area contributed by atoms with Crippen LogP contribution in [0.3, 0.4) is 0 Å². The Hall–Kier alpha value is -2.01. The average molecular weight is 301 g/mol. The van der Waals surface area contributed by atoms with Gasteiger partial charge in [0.2, 0.25) is 0 Å². The van der Waals surface area contributed by atoms with Crippen LogP contribution in [0.2, 0.25) is 0 Å². The molecular weight excluding hydrogens is 278 g/mol. The summed E-state index contributed by atoms with van der Waals surface area (Å²) in [5.41, 5.74) is 3.00. The molecule has 0 saturated carbocycles. The lowest BCUT2D eigenvalue weighted by Gasteiger charge is -2.33. The number of aromatic nitrogens is 1. The van der Waals surface area contributed by atoms with E-state index < -0.39 is 0 Å². The number of rotatable bonds is 2. The van der Waals surface area contributed by atoms with Crippen LogP contribution in [0.15, 0.2) is 24.3 Å². The Morgan fingerprint density at radius 1 is 1.36 bits per heavy atom. The van der Waals surface area contributed by atoms with Crippen molar-refractivity contribution in [1.29, 1.82) is 0 Å². The summed E-state index contributed by atoms with van der Waals surface area (Å²) < 4.78 is 0. The van der Waals surface area contributed by atoms with Crippen molar-refractivity contribution >= 4 is 22.6 Å². The minimum absolute atomic E-state index is 0.0596. The summed E-state index contributed by atoms with van der Waals surface area (Å²) in [6.45, 7) is 5.25. The van der Waals surface area contributed by atoms with E-state index in [0.29, 0.717) is 19.0 Å². The lowest BCUT2D eigenvalue weighted by atomic mass is 9.92. The van der Waals surface area contributed by atoms with Gasteiger partial charge in [-0.3, -0.25) is 0 Å². The molecule has 5 nitrogen and oxygen atoms in total. The van der Waals surface area contributed by atoms with Crippen LogP contribution in [0.1, 0.15) is 25.5 Å². The highest BCUT2D eigenvalue weighted by Crippen LogP contribution is 2.23. The quantitative estimate of drug-likeness (QED) is 0.798. The molecule has 118 valence electrons. The Morgan fingerprint density at radius 3 is 2.77 bits per heavy atom. The number of nitrogens with one attached hydrogen (secondary N) is 2. The number of aliphatic hydroxyl groups excluding tert-OH is 1. The molecule has 0 bridgehead atoms. The highest BCUT2D eigenvalue weighted by Gasteiger charge is 2.25. The average Bonchev–Trinajstić information content (AvgIpc) is 2.86. The molecule has 1 aliphatic rings. The van der Waals surface area contributed by atoms with E-state index in [-0.39, 0.29) is 12.1 Å². The molecule has 2 heterocycles. The van der Waals surface area contributed by atoms with Gasteiger partial charge in [-0.2, -0.15) is 0 Å². The Kier molecular flexibility index (Phi) is 4.07. The number of piperidine rings is 1. The minimum atomic E-state index is -0.288. The number of carbonyl (C=O) groups excluding carboxylic acids is 1. The van der Waals surface area contributed by atoms with Crippen molar-refractivity contribution in [2.75, 3.05) is 18.4 Å². The van der Waals surface area contributed by atoms with Crippen molar-refractivity contribution in [1.82, 2.24) is 9.88 Å². The molecule has 1 atom stereocenters. The third kappa shape index (κ3) is 3.09. The summed E-state index contributed by atoms with van der Waals surface area (Å²) in [7, 11) is 0. The van der Waals surface area contributed by atoms with Gasteiger partial charge in [-0.15, -0.1) is 0 Å². The van der Waals surface area contributed by atoms with Crippen molar-refractivity contribution in [2.24, 2.45) is 5.92 Å². The van der Waals surface area contributed by atoms with E-state index in [4.69, 9.17) is 0 Å². The number of anilines is 1. The molecule has 3 N–H and O–H groups in total. The smallest absolute Gasteiger partial charge is 0.321 e. The zero-order valence-corrected chi connectivity index (χ0v) is 13.1. The number of amides is 2. The molecule has 2 amide bonds. The fourth-order valence-electron chi connectivity index (χ4n) is 3.14. The van der Waals surface area contributed by atoms with Crippen LogP contribution in [0.5, 0.6) is 0 Å². The number of carbonyl (C=O) groups is 1. The molecule has 1 aromatic carbocycles. The summed E-state index contributed by atoms with van der Waals surface area (Å²) in [6.07, 6.45) is 1.44. The van der Waals surface area contributed by atoms with Gasteiger partial charge in [0.1, 0.15) is 0 Å². The number of fused-ring (bicyclic) bond motifs is 1. The Morgan fingerprint density at radius 2 is 2.09 bits per heavy atom. The topological polar surface area (TPSA) is 68.4 Å². The summed E-state index contributed by atoms with van der Waals surface area (Å²) in [5, 5.41) is 13.7. The van der Waals surface area contributed by atoms with Crippen LogP contribution in [0, 0.1) is 12.8 Å². The lowest BCUT2D eigenvalue weighted by molar-refractivity contribution is 0.0820. The van der Waals surface area contributed by atoms with Crippen molar-refractivity contribution < 1.29 is 9.90 Å². The van der Waals surface area contributed by atoms with E-state index in [2.05, 4.69) is 16.4 Å². The largest absolute Gasteiger partial charge is 0.393 e. The number of aryl methyl sites for hydroxylation is 1. The SMILES string of the molecule is Cc1cc2cc(NC(=O)N3CCC(C(C)O)CC3)ccc2[nH]1. The highest BCUT2D eigenvalue weighted by molar-refractivity contribution is 5.93. The highest BCUT2D eigenvalue weighted by atomic mass is 16.3. The van der Waals surface area contributed by atoms with E-state index in [0.717, 1.165) is 35.1 Å². The van der Waals surface area contributed by atoms with Crippen LogP contribution in [-0.2, 0) is 0 Å². The van der Waals surface area contributed by atoms with Crippen molar-refractivity contribution in [3.63, 3.8) is 0 Å². The van der Waals surface area contributed by atoms with Crippen LogP contribution in [0.4, 0.5) is 10.5 Å². The van der Waals surface area contributed by atoms with Crippen LogP contribution < -0.4 is 5.32 Å². The molecule has 2 aromatic rings. The van der Waals surface area contributed by atoms with Crippen LogP contribution in [-0.4, -0.2) is 40.2 Å². The lowest BCUT2D eigenvalue weighted by Crippen LogP contribution is -2.42. The Labute approximate surface area is 130 Å². The van der Waals surface area contributed by atoms with Gasteiger partial charge in [-0.1, -0.05) is 0 Å². The second kappa shape index (κ2) is 6.01. The van der Waals surface area contributed by atoms with Crippen LogP contribution in [0.25, 0.3) is 10.9 Å². The summed E-state index contributed by atoms with van der Waals surface area (Å²) >= 11 is 0. The molecule has 0 spiro atoms. The second-order valence-corrected chi connectivity index (χ2v) is 6.25. The van der Waals surface area contributed by atoms with Gasteiger partial charge in [-0.25, -0.2) is 4.79 Å². The molecule has 1 aliphatic heterocycles. The van der Waals surface area contributed by atoms with Crippen LogP contribution >= 0.6 is 0 Å². The molecule has 1 saturated heterocycles. The fourth-order valence-corrected chi connectivity index (χ4v) is 3.14. The monoisotopic (exact) mass is 301 g/mol. The first-order valence-corrected chi connectivity index (χ1v) is 7.86. The maximum atomic E-state index is 12.3. The minimum Gasteiger partial charge on any atom is -0.393 e. The summed E-state index contributed by atoms with van der Waals surface area (Å²) in [5.74, 6) is 0.309.